The van der Waals surface area contributed by atoms with E-state index in [2.05, 4.69) is 10.4 Å². The van der Waals surface area contributed by atoms with Crippen LogP contribution < -0.4 is 5.32 Å². The topological polar surface area (TPSA) is 46.9 Å². The van der Waals surface area contributed by atoms with Crippen LogP contribution in [-0.2, 0) is 6.54 Å². The Kier molecular flexibility index (Phi) is 3.96. The lowest BCUT2D eigenvalue weighted by Gasteiger charge is -2.08. The number of carbonyl (C=O) groups excluding carboxylic acids is 1. The molecule has 2 aromatic carbocycles. The minimum atomic E-state index is -0.363. The Morgan fingerprint density at radius 3 is 2.68 bits per heavy atom. The van der Waals surface area contributed by atoms with Crippen LogP contribution in [0.1, 0.15) is 15.9 Å². The fourth-order valence-electron chi connectivity index (χ4n) is 2.13. The summed E-state index contributed by atoms with van der Waals surface area (Å²) in [6.45, 7) is 0.632. The van der Waals surface area contributed by atoms with Crippen LogP contribution in [0.25, 0.3) is 0 Å². The van der Waals surface area contributed by atoms with E-state index in [-0.39, 0.29) is 11.7 Å². The maximum absolute atomic E-state index is 12.9. The molecule has 0 spiro atoms. The third-order valence-corrected chi connectivity index (χ3v) is 3.20. The molecular formula is C17H14FN3O. The molecule has 0 bridgehead atoms. The van der Waals surface area contributed by atoms with Crippen LogP contribution in [0.5, 0.6) is 0 Å². The Balaban J connectivity index is 1.72. The van der Waals surface area contributed by atoms with Crippen LogP contribution >= 0.6 is 0 Å². The van der Waals surface area contributed by atoms with E-state index in [1.54, 1.807) is 10.9 Å². The average molecular weight is 295 g/mol. The van der Waals surface area contributed by atoms with E-state index in [1.165, 1.54) is 24.3 Å². The summed E-state index contributed by atoms with van der Waals surface area (Å²) in [4.78, 5) is 12.1. The lowest BCUT2D eigenvalue weighted by Crippen LogP contribution is -2.12. The van der Waals surface area contributed by atoms with Gasteiger partial charge in [0.2, 0.25) is 0 Å². The first-order valence-corrected chi connectivity index (χ1v) is 6.84. The number of halogens is 1. The van der Waals surface area contributed by atoms with Crippen molar-refractivity contribution in [3.8, 4) is 0 Å². The number of amides is 1. The van der Waals surface area contributed by atoms with Crippen molar-refractivity contribution in [1.82, 2.24) is 9.78 Å². The van der Waals surface area contributed by atoms with Gasteiger partial charge in [-0.3, -0.25) is 9.48 Å². The molecule has 3 rings (SSSR count). The molecule has 0 aliphatic rings. The number of nitrogens with one attached hydrogen (secondary N) is 1. The average Bonchev–Trinajstić information content (AvgIpc) is 3.01. The quantitative estimate of drug-likeness (QED) is 0.802. The zero-order valence-corrected chi connectivity index (χ0v) is 11.7. The molecule has 1 N–H and O–H groups in total. The fourth-order valence-corrected chi connectivity index (χ4v) is 2.13. The maximum Gasteiger partial charge on any atom is 0.255 e. The van der Waals surface area contributed by atoms with Gasteiger partial charge in [-0.1, -0.05) is 12.1 Å². The van der Waals surface area contributed by atoms with Crippen molar-refractivity contribution >= 4 is 11.6 Å². The lowest BCUT2D eigenvalue weighted by molar-refractivity contribution is 0.102. The zero-order chi connectivity index (χ0) is 15.4. The van der Waals surface area contributed by atoms with E-state index in [0.29, 0.717) is 17.8 Å². The van der Waals surface area contributed by atoms with Crippen molar-refractivity contribution < 1.29 is 9.18 Å². The standard InChI is InChI=1S/C17H14FN3O/c18-15-7-5-14(6-8-15)17(22)20-16-4-1-3-13(11-16)12-21-10-2-9-19-21/h1-11H,12H2,(H,20,22). The van der Waals surface area contributed by atoms with E-state index in [4.69, 9.17) is 0 Å². The first kappa shape index (κ1) is 14.0. The summed E-state index contributed by atoms with van der Waals surface area (Å²) in [5.74, 6) is -0.631. The van der Waals surface area contributed by atoms with Crippen LogP contribution in [0.15, 0.2) is 67.0 Å². The first-order valence-electron chi connectivity index (χ1n) is 6.84. The lowest BCUT2D eigenvalue weighted by atomic mass is 10.1. The second-order valence-corrected chi connectivity index (χ2v) is 4.87. The highest BCUT2D eigenvalue weighted by molar-refractivity contribution is 6.04. The van der Waals surface area contributed by atoms with Gasteiger partial charge in [-0.05, 0) is 48.0 Å². The van der Waals surface area contributed by atoms with E-state index in [9.17, 15) is 9.18 Å². The highest BCUT2D eigenvalue weighted by atomic mass is 19.1. The van der Waals surface area contributed by atoms with Gasteiger partial charge in [0.15, 0.2) is 0 Å². The van der Waals surface area contributed by atoms with Crippen molar-refractivity contribution in [2.24, 2.45) is 0 Å². The number of nitrogens with zero attached hydrogens (tertiary/aromatic N) is 2. The second-order valence-electron chi connectivity index (χ2n) is 4.87. The summed E-state index contributed by atoms with van der Waals surface area (Å²) in [5, 5.41) is 6.96. The van der Waals surface area contributed by atoms with Crippen LogP contribution in [0.2, 0.25) is 0 Å². The van der Waals surface area contributed by atoms with Crippen molar-refractivity contribution in [2.75, 3.05) is 5.32 Å². The SMILES string of the molecule is O=C(Nc1cccc(Cn2cccn2)c1)c1ccc(F)cc1. The van der Waals surface area contributed by atoms with Crippen LogP contribution in [0.3, 0.4) is 0 Å². The van der Waals surface area contributed by atoms with Crippen molar-refractivity contribution in [1.29, 1.82) is 0 Å². The minimum absolute atomic E-state index is 0.267. The number of hydrogen-bond donors (Lipinski definition) is 1. The third-order valence-electron chi connectivity index (χ3n) is 3.20. The van der Waals surface area contributed by atoms with Crippen molar-refractivity contribution in [3.63, 3.8) is 0 Å². The molecule has 0 aliphatic heterocycles. The Morgan fingerprint density at radius 2 is 1.95 bits per heavy atom. The van der Waals surface area contributed by atoms with Crippen LogP contribution in [0, 0.1) is 5.82 Å². The molecule has 0 saturated carbocycles. The molecular weight excluding hydrogens is 281 g/mol. The molecule has 5 heteroatoms. The van der Waals surface area contributed by atoms with Gasteiger partial charge in [0.05, 0.1) is 6.54 Å². The normalized spacial score (nSPS) is 10.4. The van der Waals surface area contributed by atoms with Gasteiger partial charge in [0.1, 0.15) is 5.82 Å². The number of carbonyl (C=O) groups is 1. The molecule has 0 atom stereocenters. The number of benzene rings is 2. The Morgan fingerprint density at radius 1 is 1.14 bits per heavy atom. The molecule has 110 valence electrons. The monoisotopic (exact) mass is 295 g/mol. The molecule has 0 unspecified atom stereocenters. The van der Waals surface area contributed by atoms with Gasteiger partial charge in [-0.2, -0.15) is 5.10 Å². The van der Waals surface area contributed by atoms with Gasteiger partial charge >= 0.3 is 0 Å². The fraction of sp³-hybridized carbons (Fsp3) is 0.0588. The molecule has 1 heterocycles. The molecule has 1 aromatic heterocycles. The van der Waals surface area contributed by atoms with Gasteiger partial charge in [-0.15, -0.1) is 0 Å². The van der Waals surface area contributed by atoms with E-state index < -0.39 is 0 Å². The third kappa shape index (κ3) is 3.38. The zero-order valence-electron chi connectivity index (χ0n) is 11.7. The van der Waals surface area contributed by atoms with Gasteiger partial charge in [0, 0.05) is 23.6 Å². The Hall–Kier alpha value is -2.95. The minimum Gasteiger partial charge on any atom is -0.322 e. The van der Waals surface area contributed by atoms with E-state index >= 15 is 0 Å². The molecule has 3 aromatic rings. The van der Waals surface area contributed by atoms with Gasteiger partial charge < -0.3 is 5.32 Å². The molecule has 0 radical (unpaired) electrons. The van der Waals surface area contributed by atoms with Gasteiger partial charge in [-0.25, -0.2) is 4.39 Å². The largest absolute Gasteiger partial charge is 0.322 e. The summed E-state index contributed by atoms with van der Waals surface area (Å²) >= 11 is 0. The summed E-state index contributed by atoms with van der Waals surface area (Å²) in [6, 6.07) is 14.9. The smallest absolute Gasteiger partial charge is 0.255 e. The van der Waals surface area contributed by atoms with Crippen molar-refractivity contribution in [2.45, 2.75) is 6.54 Å². The molecule has 1 amide bonds. The van der Waals surface area contributed by atoms with Crippen LogP contribution in [0.4, 0.5) is 10.1 Å². The van der Waals surface area contributed by atoms with E-state index in [0.717, 1.165) is 5.56 Å². The maximum atomic E-state index is 12.9. The second kappa shape index (κ2) is 6.22. The number of hydrogen-bond acceptors (Lipinski definition) is 2. The summed E-state index contributed by atoms with van der Waals surface area (Å²) in [5.41, 5.74) is 2.14. The van der Waals surface area contributed by atoms with Crippen molar-refractivity contribution in [3.05, 3.63) is 83.9 Å². The highest BCUT2D eigenvalue weighted by Crippen LogP contribution is 2.13. The number of aromatic nitrogens is 2. The molecule has 0 saturated heterocycles. The predicted molar refractivity (Wildman–Crippen MR) is 82.1 cm³/mol. The van der Waals surface area contributed by atoms with Gasteiger partial charge in [0.25, 0.3) is 5.91 Å². The summed E-state index contributed by atoms with van der Waals surface area (Å²) < 4.78 is 14.7. The Labute approximate surface area is 127 Å². The Bertz CT molecular complexity index is 767. The molecule has 4 nitrogen and oxygen atoms in total. The molecule has 0 aliphatic carbocycles. The predicted octanol–water partition coefficient (Wildman–Crippen LogP) is 3.32. The number of anilines is 1. The summed E-state index contributed by atoms with van der Waals surface area (Å²) in [6.07, 6.45) is 3.60. The first-order chi connectivity index (χ1) is 10.7. The molecule has 22 heavy (non-hydrogen) atoms. The highest BCUT2D eigenvalue weighted by Gasteiger charge is 2.06. The van der Waals surface area contributed by atoms with E-state index in [1.807, 2.05) is 36.5 Å². The van der Waals surface area contributed by atoms with Crippen LogP contribution in [-0.4, -0.2) is 15.7 Å². The number of rotatable bonds is 4. The summed E-state index contributed by atoms with van der Waals surface area (Å²) in [7, 11) is 0. The molecule has 0 fully saturated rings.